The zero-order chi connectivity index (χ0) is 4.83. The summed E-state index contributed by atoms with van der Waals surface area (Å²) in [4.78, 5) is 9.33. The van der Waals surface area contributed by atoms with Crippen molar-refractivity contribution in [1.29, 1.82) is 0 Å². The molecule has 0 amide bonds. The highest BCUT2D eigenvalue weighted by molar-refractivity contribution is 5.44. The fraction of sp³-hybridized carbons (Fsp3) is 0.500. The average Bonchev–Trinajstić information content (AvgIpc) is 1.61. The molecule has 0 aromatic rings. The van der Waals surface area contributed by atoms with Crippen molar-refractivity contribution in [1.82, 2.24) is 0 Å². The third-order valence-corrected chi connectivity index (χ3v) is 0.394. The summed E-state index contributed by atoms with van der Waals surface area (Å²) < 4.78 is 0. The number of hydrogen-bond acceptors (Lipinski definition) is 2. The van der Waals surface area contributed by atoms with Crippen molar-refractivity contribution in [3.8, 4) is 0 Å². The van der Waals surface area contributed by atoms with Crippen LogP contribution in [0.3, 0.4) is 0 Å². The van der Waals surface area contributed by atoms with E-state index < -0.39 is 0 Å². The molecule has 2 heteroatoms. The number of carbonyl (C=O) groups excluding carboxylic acids is 1. The minimum atomic E-state index is 0.537. The lowest BCUT2D eigenvalue weighted by molar-refractivity contribution is 0.568. The van der Waals surface area contributed by atoms with Gasteiger partial charge in [-0.25, -0.2) is 4.79 Å². The van der Waals surface area contributed by atoms with Crippen LogP contribution in [0.15, 0.2) is 6.08 Å². The third kappa shape index (κ3) is 3.41. The van der Waals surface area contributed by atoms with Crippen LogP contribution >= 0.6 is 0 Å². The van der Waals surface area contributed by atoms with Crippen molar-refractivity contribution in [3.63, 3.8) is 0 Å². The summed E-state index contributed by atoms with van der Waals surface area (Å²) in [5.41, 5.74) is 5.00. The van der Waals surface area contributed by atoms with E-state index >= 15 is 0 Å². The van der Waals surface area contributed by atoms with Crippen molar-refractivity contribution in [2.24, 2.45) is 5.73 Å². The summed E-state index contributed by atoms with van der Waals surface area (Å²) in [6.07, 6.45) is 2.02. The van der Waals surface area contributed by atoms with Crippen molar-refractivity contribution < 1.29 is 4.79 Å². The first-order valence-electron chi connectivity index (χ1n) is 1.81. The molecule has 0 unspecified atom stereocenters. The zero-order valence-corrected chi connectivity index (χ0v) is 3.48. The third-order valence-electron chi connectivity index (χ3n) is 0.394. The van der Waals surface area contributed by atoms with Gasteiger partial charge in [-0.1, -0.05) is 0 Å². The molecule has 0 aromatic carbocycles. The molecule has 0 aliphatic rings. The van der Waals surface area contributed by atoms with E-state index in [0.29, 0.717) is 13.0 Å². The second-order valence-electron chi connectivity index (χ2n) is 0.899. The molecule has 2 N–H and O–H groups in total. The van der Waals surface area contributed by atoms with E-state index in [-0.39, 0.29) is 0 Å². The van der Waals surface area contributed by atoms with Gasteiger partial charge in [-0.15, -0.1) is 0 Å². The standard InChI is InChI=1S/C4H7NO/c5-3-1-2-4-6/h2H,1,3,5H2. The van der Waals surface area contributed by atoms with Crippen LogP contribution < -0.4 is 5.73 Å². The summed E-state index contributed by atoms with van der Waals surface area (Å²) in [5, 5.41) is 0. The van der Waals surface area contributed by atoms with Gasteiger partial charge in [-0.05, 0) is 13.0 Å². The second kappa shape index (κ2) is 4.41. The Morgan fingerprint density at radius 3 is 2.67 bits per heavy atom. The normalized spacial score (nSPS) is 6.83. The monoisotopic (exact) mass is 85.1 g/mol. The minimum Gasteiger partial charge on any atom is -0.330 e. The van der Waals surface area contributed by atoms with Crippen LogP contribution in [0, 0.1) is 0 Å². The van der Waals surface area contributed by atoms with E-state index in [0.717, 1.165) is 0 Å². The lowest BCUT2D eigenvalue weighted by atomic mass is 10.4. The summed E-state index contributed by atoms with van der Waals surface area (Å²) in [6, 6.07) is 0. The second-order valence-corrected chi connectivity index (χ2v) is 0.899. The molecule has 34 valence electrons. The number of rotatable bonds is 2. The highest BCUT2D eigenvalue weighted by atomic mass is 16.1. The Hall–Kier alpha value is -0.590. The summed E-state index contributed by atoms with van der Waals surface area (Å²) in [5.74, 6) is 1.61. The molecule has 0 rings (SSSR count). The van der Waals surface area contributed by atoms with E-state index in [1.807, 2.05) is 0 Å². The highest BCUT2D eigenvalue weighted by Gasteiger charge is 1.65. The van der Waals surface area contributed by atoms with Gasteiger partial charge < -0.3 is 5.73 Å². The van der Waals surface area contributed by atoms with Gasteiger partial charge in [0.2, 0.25) is 0 Å². The van der Waals surface area contributed by atoms with Crippen molar-refractivity contribution >= 4 is 5.94 Å². The van der Waals surface area contributed by atoms with Crippen molar-refractivity contribution in [2.75, 3.05) is 6.54 Å². The SMILES string of the molecule is NCCC=C=O. The maximum atomic E-state index is 9.33. The molecule has 0 saturated carbocycles. The van der Waals surface area contributed by atoms with Crippen LogP contribution in [0.1, 0.15) is 6.42 Å². The Labute approximate surface area is 36.6 Å². The molecule has 0 aromatic heterocycles. The largest absolute Gasteiger partial charge is 0.330 e. The Morgan fingerprint density at radius 2 is 2.50 bits per heavy atom. The van der Waals surface area contributed by atoms with E-state index in [2.05, 4.69) is 0 Å². The van der Waals surface area contributed by atoms with E-state index in [1.54, 1.807) is 5.94 Å². The van der Waals surface area contributed by atoms with Gasteiger partial charge in [0.1, 0.15) is 5.94 Å². The predicted octanol–water partition coefficient (Wildman–Crippen LogP) is -0.277. The molecule has 0 fully saturated rings. The smallest absolute Gasteiger partial charge is 0.120 e. The molecule has 0 bridgehead atoms. The fourth-order valence-corrected chi connectivity index (χ4v) is 0.142. The van der Waals surface area contributed by atoms with Crippen molar-refractivity contribution in [3.05, 3.63) is 6.08 Å². The summed E-state index contributed by atoms with van der Waals surface area (Å²) >= 11 is 0. The molecular weight excluding hydrogens is 78.0 g/mol. The summed E-state index contributed by atoms with van der Waals surface area (Å²) in [6.45, 7) is 0.537. The van der Waals surface area contributed by atoms with E-state index in [9.17, 15) is 4.79 Å². The van der Waals surface area contributed by atoms with Crippen LogP contribution in [0.2, 0.25) is 0 Å². The van der Waals surface area contributed by atoms with Gasteiger partial charge in [0, 0.05) is 6.08 Å². The molecule has 2 nitrogen and oxygen atoms in total. The van der Waals surface area contributed by atoms with E-state index in [4.69, 9.17) is 5.73 Å². The zero-order valence-electron chi connectivity index (χ0n) is 3.48. The first kappa shape index (κ1) is 5.41. The van der Waals surface area contributed by atoms with Crippen LogP contribution in [0.5, 0.6) is 0 Å². The Bertz CT molecular complexity index is 63.9. The molecule has 0 saturated heterocycles. The van der Waals surface area contributed by atoms with Crippen LogP contribution in [-0.4, -0.2) is 12.5 Å². The number of nitrogens with two attached hydrogens (primary N) is 1. The van der Waals surface area contributed by atoms with Crippen LogP contribution in [0.25, 0.3) is 0 Å². The molecule has 0 aliphatic carbocycles. The highest BCUT2D eigenvalue weighted by Crippen LogP contribution is 1.66. The predicted molar refractivity (Wildman–Crippen MR) is 23.9 cm³/mol. The van der Waals surface area contributed by atoms with Gasteiger partial charge in [-0.2, -0.15) is 0 Å². The first-order valence-corrected chi connectivity index (χ1v) is 1.81. The Morgan fingerprint density at radius 1 is 1.83 bits per heavy atom. The topological polar surface area (TPSA) is 43.1 Å². The molecule has 0 spiro atoms. The van der Waals surface area contributed by atoms with E-state index in [1.165, 1.54) is 6.08 Å². The maximum Gasteiger partial charge on any atom is 0.120 e. The van der Waals surface area contributed by atoms with Crippen molar-refractivity contribution in [2.45, 2.75) is 6.42 Å². The van der Waals surface area contributed by atoms with Gasteiger partial charge in [0.15, 0.2) is 0 Å². The average molecular weight is 85.1 g/mol. The molecule has 0 radical (unpaired) electrons. The Balaban J connectivity index is 2.86. The Kier molecular flexibility index (Phi) is 3.98. The lowest BCUT2D eigenvalue weighted by Crippen LogP contribution is -1.94. The molecule has 0 aliphatic heterocycles. The first-order chi connectivity index (χ1) is 2.91. The molecule has 0 heterocycles. The van der Waals surface area contributed by atoms with Gasteiger partial charge in [0.25, 0.3) is 0 Å². The molecule has 0 atom stereocenters. The summed E-state index contributed by atoms with van der Waals surface area (Å²) in [7, 11) is 0. The number of hydrogen-bond donors (Lipinski definition) is 1. The molecule has 6 heavy (non-hydrogen) atoms. The quantitative estimate of drug-likeness (QED) is 0.469. The van der Waals surface area contributed by atoms with Gasteiger partial charge in [0.05, 0.1) is 0 Å². The van der Waals surface area contributed by atoms with Gasteiger partial charge >= 0.3 is 0 Å². The maximum absolute atomic E-state index is 9.33. The molecular formula is C4H7NO. The fourth-order valence-electron chi connectivity index (χ4n) is 0.142. The lowest BCUT2D eigenvalue weighted by Gasteiger charge is -1.72. The van der Waals surface area contributed by atoms with Crippen LogP contribution in [-0.2, 0) is 4.79 Å². The van der Waals surface area contributed by atoms with Gasteiger partial charge in [-0.3, -0.25) is 0 Å². The van der Waals surface area contributed by atoms with Crippen LogP contribution in [0.4, 0.5) is 0 Å². The minimum absolute atomic E-state index is 0.537.